The maximum absolute atomic E-state index is 9.23. The molecule has 0 heterocycles. The van der Waals surface area contributed by atoms with E-state index in [2.05, 4.69) is 0 Å². The Morgan fingerprint density at radius 2 is 2.00 bits per heavy atom. The maximum Gasteiger partial charge on any atom is 0.154 e. The van der Waals surface area contributed by atoms with Crippen LogP contribution >= 0.6 is 23.2 Å². The molecule has 2 unspecified atom stereocenters. The molecule has 3 heteroatoms. The number of hydrogen-bond donors (Lipinski definition) is 1. The van der Waals surface area contributed by atoms with Gasteiger partial charge in [0.15, 0.2) is 5.06 Å². The Morgan fingerprint density at radius 1 is 1.56 bits per heavy atom. The van der Waals surface area contributed by atoms with E-state index in [1.165, 1.54) is 0 Å². The van der Waals surface area contributed by atoms with Crippen molar-refractivity contribution in [3.8, 4) is 0 Å². The van der Waals surface area contributed by atoms with Gasteiger partial charge in [0.25, 0.3) is 0 Å². The zero-order valence-corrected chi connectivity index (χ0v) is 7.21. The Labute approximate surface area is 66.0 Å². The van der Waals surface area contributed by atoms with E-state index < -0.39 is 5.06 Å². The van der Waals surface area contributed by atoms with E-state index in [4.69, 9.17) is 23.2 Å². The van der Waals surface area contributed by atoms with Gasteiger partial charge in [-0.25, -0.2) is 0 Å². The molecule has 0 saturated heterocycles. The smallest absolute Gasteiger partial charge is 0.154 e. The average molecular weight is 171 g/mol. The lowest BCUT2D eigenvalue weighted by molar-refractivity contribution is 0.118. The third-order valence-corrected chi connectivity index (χ3v) is 2.65. The fourth-order valence-corrected chi connectivity index (χ4v) is 0.843. The van der Waals surface area contributed by atoms with Gasteiger partial charge in [-0.05, 0) is 12.8 Å². The van der Waals surface area contributed by atoms with Crippen LogP contribution in [-0.2, 0) is 0 Å². The van der Waals surface area contributed by atoms with Crippen LogP contribution in [0.4, 0.5) is 0 Å². The van der Waals surface area contributed by atoms with E-state index in [0.29, 0.717) is 12.8 Å². The van der Waals surface area contributed by atoms with Gasteiger partial charge in [-0.3, -0.25) is 0 Å². The summed E-state index contributed by atoms with van der Waals surface area (Å²) >= 11 is 11.3. The van der Waals surface area contributed by atoms with Crippen LogP contribution in [-0.4, -0.2) is 15.5 Å². The van der Waals surface area contributed by atoms with Gasteiger partial charge in [-0.2, -0.15) is 0 Å². The molecule has 56 valence electrons. The molecule has 0 aliphatic rings. The monoisotopic (exact) mass is 170 g/mol. The van der Waals surface area contributed by atoms with E-state index in [-0.39, 0.29) is 5.38 Å². The second-order valence-corrected chi connectivity index (χ2v) is 3.23. The van der Waals surface area contributed by atoms with Gasteiger partial charge in [0.05, 0.1) is 5.38 Å². The highest BCUT2D eigenvalue weighted by atomic mass is 35.5. The molecule has 0 aromatic rings. The number of aliphatic hydroxyl groups is 1. The third-order valence-electron chi connectivity index (χ3n) is 1.33. The molecule has 0 radical (unpaired) electrons. The van der Waals surface area contributed by atoms with Crippen molar-refractivity contribution in [2.75, 3.05) is 0 Å². The van der Waals surface area contributed by atoms with Crippen molar-refractivity contribution < 1.29 is 5.11 Å². The van der Waals surface area contributed by atoms with Crippen LogP contribution in [0.15, 0.2) is 0 Å². The Bertz CT molecular complexity index is 83.1. The molecule has 0 rings (SSSR count). The zero-order chi connectivity index (χ0) is 7.49. The largest absolute Gasteiger partial charge is 0.373 e. The summed E-state index contributed by atoms with van der Waals surface area (Å²) in [5.74, 6) is 0. The molecule has 0 saturated carbocycles. The van der Waals surface area contributed by atoms with Gasteiger partial charge < -0.3 is 5.11 Å². The minimum absolute atomic E-state index is 0.343. The fraction of sp³-hybridized carbons (Fsp3) is 1.00. The minimum atomic E-state index is -1.21. The van der Waals surface area contributed by atoms with Gasteiger partial charge in [0.1, 0.15) is 0 Å². The lowest BCUT2D eigenvalue weighted by Crippen LogP contribution is -2.31. The highest BCUT2D eigenvalue weighted by Gasteiger charge is 2.29. The lowest BCUT2D eigenvalue weighted by atomic mass is 10.1. The standard InChI is InChI=1S/C6H12Cl2O/c1-3-5(7)6(8,9)4-2/h5,9H,3-4H2,1-2H3. The maximum atomic E-state index is 9.23. The van der Waals surface area contributed by atoms with E-state index >= 15 is 0 Å². The molecule has 0 aliphatic heterocycles. The molecule has 0 spiro atoms. The summed E-state index contributed by atoms with van der Waals surface area (Å²) in [6, 6.07) is 0. The van der Waals surface area contributed by atoms with Crippen molar-refractivity contribution >= 4 is 23.2 Å². The first-order valence-electron chi connectivity index (χ1n) is 3.10. The Morgan fingerprint density at radius 3 is 2.11 bits per heavy atom. The van der Waals surface area contributed by atoms with Crippen LogP contribution in [0, 0.1) is 0 Å². The summed E-state index contributed by atoms with van der Waals surface area (Å²) in [6.07, 6.45) is 1.17. The SMILES string of the molecule is CCC(Cl)C(O)(Cl)CC. The summed E-state index contributed by atoms with van der Waals surface area (Å²) < 4.78 is 0. The number of halogens is 2. The number of hydrogen-bond acceptors (Lipinski definition) is 1. The third kappa shape index (κ3) is 2.74. The van der Waals surface area contributed by atoms with Crippen LogP contribution in [0.1, 0.15) is 26.7 Å². The average Bonchev–Trinajstić information content (AvgIpc) is 1.86. The molecule has 0 amide bonds. The highest BCUT2D eigenvalue weighted by Crippen LogP contribution is 2.26. The minimum Gasteiger partial charge on any atom is -0.373 e. The first kappa shape index (κ1) is 9.54. The van der Waals surface area contributed by atoms with E-state index in [0.717, 1.165) is 0 Å². The van der Waals surface area contributed by atoms with E-state index in [1.807, 2.05) is 6.92 Å². The second kappa shape index (κ2) is 3.65. The second-order valence-electron chi connectivity index (χ2n) is 2.05. The van der Waals surface area contributed by atoms with Gasteiger partial charge in [-0.1, -0.05) is 25.4 Å². The van der Waals surface area contributed by atoms with Crippen LogP contribution in [0.3, 0.4) is 0 Å². The van der Waals surface area contributed by atoms with Crippen molar-refractivity contribution in [3.05, 3.63) is 0 Å². The molecular formula is C6H12Cl2O. The molecule has 0 bridgehead atoms. The number of alkyl halides is 2. The zero-order valence-electron chi connectivity index (χ0n) is 5.69. The van der Waals surface area contributed by atoms with Crippen molar-refractivity contribution in [2.45, 2.75) is 37.1 Å². The van der Waals surface area contributed by atoms with Crippen LogP contribution in [0.25, 0.3) is 0 Å². The van der Waals surface area contributed by atoms with Crippen LogP contribution in [0.2, 0.25) is 0 Å². The predicted molar refractivity (Wildman–Crippen MR) is 41.0 cm³/mol. The van der Waals surface area contributed by atoms with E-state index in [9.17, 15) is 5.11 Å². The summed E-state index contributed by atoms with van der Waals surface area (Å²) in [5, 5.41) is 7.67. The summed E-state index contributed by atoms with van der Waals surface area (Å²) in [7, 11) is 0. The summed E-state index contributed by atoms with van der Waals surface area (Å²) in [6.45, 7) is 3.69. The Hall–Kier alpha value is 0.540. The van der Waals surface area contributed by atoms with E-state index in [1.54, 1.807) is 6.92 Å². The fourth-order valence-electron chi connectivity index (χ4n) is 0.534. The molecule has 0 aromatic heterocycles. The topological polar surface area (TPSA) is 20.2 Å². The predicted octanol–water partition coefficient (Wildman–Crippen LogP) is 2.34. The molecule has 1 N–H and O–H groups in total. The number of rotatable bonds is 3. The van der Waals surface area contributed by atoms with Gasteiger partial charge in [0.2, 0.25) is 0 Å². The highest BCUT2D eigenvalue weighted by molar-refractivity contribution is 6.31. The molecule has 9 heavy (non-hydrogen) atoms. The molecule has 0 fully saturated rings. The normalized spacial score (nSPS) is 21.0. The molecular weight excluding hydrogens is 159 g/mol. The van der Waals surface area contributed by atoms with Crippen molar-refractivity contribution in [1.82, 2.24) is 0 Å². The first-order chi connectivity index (χ1) is 4.04. The Balaban J connectivity index is 3.80. The Kier molecular flexibility index (Phi) is 3.86. The van der Waals surface area contributed by atoms with Crippen molar-refractivity contribution in [1.29, 1.82) is 0 Å². The van der Waals surface area contributed by atoms with Crippen molar-refractivity contribution in [3.63, 3.8) is 0 Å². The molecule has 1 nitrogen and oxygen atoms in total. The van der Waals surface area contributed by atoms with Gasteiger partial charge >= 0.3 is 0 Å². The quantitative estimate of drug-likeness (QED) is 0.646. The van der Waals surface area contributed by atoms with Gasteiger partial charge in [0, 0.05) is 0 Å². The summed E-state index contributed by atoms with van der Waals surface area (Å²) in [5.41, 5.74) is 0. The van der Waals surface area contributed by atoms with Crippen molar-refractivity contribution in [2.24, 2.45) is 0 Å². The van der Waals surface area contributed by atoms with Gasteiger partial charge in [-0.15, -0.1) is 11.6 Å². The summed E-state index contributed by atoms with van der Waals surface area (Å²) in [4.78, 5) is 0. The van der Waals surface area contributed by atoms with Crippen LogP contribution in [0.5, 0.6) is 0 Å². The van der Waals surface area contributed by atoms with Crippen LogP contribution < -0.4 is 0 Å². The molecule has 2 atom stereocenters. The molecule has 0 aromatic carbocycles. The first-order valence-corrected chi connectivity index (χ1v) is 3.91. The molecule has 0 aliphatic carbocycles. The lowest BCUT2D eigenvalue weighted by Gasteiger charge is -2.22.